The summed E-state index contributed by atoms with van der Waals surface area (Å²) in [6.45, 7) is 13.3. The van der Waals surface area contributed by atoms with Crippen LogP contribution >= 0.6 is 0 Å². The van der Waals surface area contributed by atoms with Gasteiger partial charge in [0.25, 0.3) is 0 Å². The average molecular weight is 199 g/mol. The smallest absolute Gasteiger partial charge is 0.0622 e. The van der Waals surface area contributed by atoms with Gasteiger partial charge in [-0.2, -0.15) is 0 Å². The zero-order valence-electron chi connectivity index (χ0n) is 10.3. The van der Waals surface area contributed by atoms with Crippen LogP contribution < -0.4 is 5.32 Å². The zero-order chi connectivity index (χ0) is 11.0. The quantitative estimate of drug-likeness (QED) is 0.636. The molecule has 2 heteroatoms. The standard InChI is InChI=1S/C12H25NO/c1-6-14-9-12(11(4)5)13-8-7-10(2)3/h7,11-13H,6,8-9H2,1-5H3. The van der Waals surface area contributed by atoms with Crippen LogP contribution in [-0.2, 0) is 4.74 Å². The lowest BCUT2D eigenvalue weighted by molar-refractivity contribution is 0.110. The summed E-state index contributed by atoms with van der Waals surface area (Å²) in [6.07, 6.45) is 2.21. The first kappa shape index (κ1) is 13.7. The largest absolute Gasteiger partial charge is 0.380 e. The van der Waals surface area contributed by atoms with Crippen LogP contribution in [-0.4, -0.2) is 25.8 Å². The summed E-state index contributed by atoms with van der Waals surface area (Å²) < 4.78 is 5.43. The van der Waals surface area contributed by atoms with Crippen molar-refractivity contribution >= 4 is 0 Å². The molecule has 2 nitrogen and oxygen atoms in total. The molecule has 14 heavy (non-hydrogen) atoms. The van der Waals surface area contributed by atoms with Gasteiger partial charge in [0.1, 0.15) is 0 Å². The Morgan fingerprint density at radius 1 is 1.36 bits per heavy atom. The van der Waals surface area contributed by atoms with Crippen LogP contribution in [0.4, 0.5) is 0 Å². The van der Waals surface area contributed by atoms with Crippen molar-refractivity contribution in [1.29, 1.82) is 0 Å². The van der Waals surface area contributed by atoms with E-state index in [9.17, 15) is 0 Å². The first-order valence-corrected chi connectivity index (χ1v) is 5.52. The fourth-order valence-electron chi connectivity index (χ4n) is 1.15. The lowest BCUT2D eigenvalue weighted by Gasteiger charge is -2.21. The third-order valence-corrected chi connectivity index (χ3v) is 2.20. The lowest BCUT2D eigenvalue weighted by Crippen LogP contribution is -2.38. The highest BCUT2D eigenvalue weighted by atomic mass is 16.5. The number of allylic oxidation sites excluding steroid dienone is 1. The van der Waals surface area contributed by atoms with Crippen LogP contribution in [0, 0.1) is 5.92 Å². The molecule has 0 fully saturated rings. The molecule has 84 valence electrons. The molecule has 0 saturated heterocycles. The number of nitrogens with one attached hydrogen (secondary N) is 1. The van der Waals surface area contributed by atoms with Crippen molar-refractivity contribution in [3.8, 4) is 0 Å². The summed E-state index contributed by atoms with van der Waals surface area (Å²) in [5.74, 6) is 0.618. The van der Waals surface area contributed by atoms with Crippen LogP contribution in [0.25, 0.3) is 0 Å². The highest BCUT2D eigenvalue weighted by Gasteiger charge is 2.11. The van der Waals surface area contributed by atoms with Crippen LogP contribution in [0.15, 0.2) is 11.6 Å². The van der Waals surface area contributed by atoms with Gasteiger partial charge in [0.15, 0.2) is 0 Å². The molecular formula is C12H25NO. The first-order valence-electron chi connectivity index (χ1n) is 5.52. The molecule has 0 amide bonds. The third-order valence-electron chi connectivity index (χ3n) is 2.20. The summed E-state index contributed by atoms with van der Waals surface area (Å²) in [5, 5.41) is 3.48. The van der Waals surface area contributed by atoms with Crippen LogP contribution in [0.1, 0.15) is 34.6 Å². The zero-order valence-corrected chi connectivity index (χ0v) is 10.3. The predicted molar refractivity (Wildman–Crippen MR) is 62.6 cm³/mol. The molecule has 0 saturated carbocycles. The number of hydrogen-bond donors (Lipinski definition) is 1. The first-order chi connectivity index (χ1) is 6.57. The highest BCUT2D eigenvalue weighted by Crippen LogP contribution is 2.02. The summed E-state index contributed by atoms with van der Waals surface area (Å²) in [7, 11) is 0. The second-order valence-electron chi connectivity index (χ2n) is 4.20. The van der Waals surface area contributed by atoms with Crippen molar-refractivity contribution in [2.75, 3.05) is 19.8 Å². The molecule has 0 bridgehead atoms. The topological polar surface area (TPSA) is 21.3 Å². The summed E-state index contributed by atoms with van der Waals surface area (Å²) in [5.41, 5.74) is 1.36. The highest BCUT2D eigenvalue weighted by molar-refractivity contribution is 4.95. The maximum atomic E-state index is 5.43. The van der Waals surface area contributed by atoms with Crippen LogP contribution in [0.2, 0.25) is 0 Å². The van der Waals surface area contributed by atoms with E-state index in [1.54, 1.807) is 0 Å². The van der Waals surface area contributed by atoms with Gasteiger partial charge in [0, 0.05) is 19.2 Å². The molecule has 0 aromatic rings. The molecule has 1 atom stereocenters. The van der Waals surface area contributed by atoms with E-state index in [4.69, 9.17) is 4.74 Å². The van der Waals surface area contributed by atoms with Gasteiger partial charge in [-0.25, -0.2) is 0 Å². The fraction of sp³-hybridized carbons (Fsp3) is 0.833. The Labute approximate surface area is 88.7 Å². The Kier molecular flexibility index (Phi) is 7.81. The monoisotopic (exact) mass is 199 g/mol. The minimum absolute atomic E-state index is 0.463. The Balaban J connectivity index is 3.79. The van der Waals surface area contributed by atoms with Gasteiger partial charge < -0.3 is 10.1 Å². The molecule has 0 spiro atoms. The molecule has 0 aliphatic carbocycles. The normalized spacial score (nSPS) is 13.0. The van der Waals surface area contributed by atoms with E-state index in [-0.39, 0.29) is 0 Å². The molecule has 1 unspecified atom stereocenters. The van der Waals surface area contributed by atoms with E-state index in [2.05, 4.69) is 39.1 Å². The van der Waals surface area contributed by atoms with Gasteiger partial charge in [0.05, 0.1) is 6.61 Å². The van der Waals surface area contributed by atoms with Gasteiger partial charge in [-0.05, 0) is 26.7 Å². The molecule has 1 N–H and O–H groups in total. The van der Waals surface area contributed by atoms with Crippen molar-refractivity contribution in [2.24, 2.45) is 5.92 Å². The van der Waals surface area contributed by atoms with Gasteiger partial charge >= 0.3 is 0 Å². The Bertz CT molecular complexity index is 160. The molecule has 0 radical (unpaired) electrons. The van der Waals surface area contributed by atoms with Crippen LogP contribution in [0.3, 0.4) is 0 Å². The predicted octanol–water partition coefficient (Wildman–Crippen LogP) is 2.60. The summed E-state index contributed by atoms with van der Waals surface area (Å²) in [4.78, 5) is 0. The van der Waals surface area contributed by atoms with E-state index < -0.39 is 0 Å². The molecule has 0 aliphatic heterocycles. The Hall–Kier alpha value is -0.340. The van der Waals surface area contributed by atoms with Crippen molar-refractivity contribution < 1.29 is 4.74 Å². The Morgan fingerprint density at radius 3 is 2.43 bits per heavy atom. The van der Waals surface area contributed by atoms with Crippen molar-refractivity contribution in [2.45, 2.75) is 40.7 Å². The third kappa shape index (κ3) is 7.10. The number of ether oxygens (including phenoxy) is 1. The second-order valence-corrected chi connectivity index (χ2v) is 4.20. The van der Waals surface area contributed by atoms with Gasteiger partial charge in [-0.3, -0.25) is 0 Å². The lowest BCUT2D eigenvalue weighted by atomic mass is 10.1. The molecular weight excluding hydrogens is 174 g/mol. The van der Waals surface area contributed by atoms with Gasteiger partial charge in [0.2, 0.25) is 0 Å². The second kappa shape index (κ2) is 8.01. The maximum absolute atomic E-state index is 5.43. The summed E-state index contributed by atoms with van der Waals surface area (Å²) in [6, 6.07) is 0.463. The van der Waals surface area contributed by atoms with E-state index in [0.717, 1.165) is 19.8 Å². The van der Waals surface area contributed by atoms with Gasteiger partial charge in [-0.15, -0.1) is 0 Å². The summed E-state index contributed by atoms with van der Waals surface area (Å²) >= 11 is 0. The SMILES string of the molecule is CCOCC(NCC=C(C)C)C(C)C. The minimum atomic E-state index is 0.463. The molecule has 0 rings (SSSR count). The molecule has 0 aromatic carbocycles. The average Bonchev–Trinajstić information content (AvgIpc) is 2.09. The molecule has 0 aromatic heterocycles. The fourth-order valence-corrected chi connectivity index (χ4v) is 1.15. The number of rotatable bonds is 7. The molecule has 0 heterocycles. The number of hydrogen-bond acceptors (Lipinski definition) is 2. The van der Waals surface area contributed by atoms with E-state index in [1.807, 2.05) is 6.92 Å². The van der Waals surface area contributed by atoms with Crippen molar-refractivity contribution in [3.63, 3.8) is 0 Å². The van der Waals surface area contributed by atoms with E-state index in [1.165, 1.54) is 5.57 Å². The maximum Gasteiger partial charge on any atom is 0.0622 e. The van der Waals surface area contributed by atoms with Crippen molar-refractivity contribution in [3.05, 3.63) is 11.6 Å². The van der Waals surface area contributed by atoms with Crippen LogP contribution in [0.5, 0.6) is 0 Å². The molecule has 0 aliphatic rings. The van der Waals surface area contributed by atoms with Crippen molar-refractivity contribution in [1.82, 2.24) is 5.32 Å². The van der Waals surface area contributed by atoms with E-state index >= 15 is 0 Å². The Morgan fingerprint density at radius 2 is 2.00 bits per heavy atom. The van der Waals surface area contributed by atoms with E-state index in [0.29, 0.717) is 12.0 Å². The minimum Gasteiger partial charge on any atom is -0.380 e. The van der Waals surface area contributed by atoms with Gasteiger partial charge in [-0.1, -0.05) is 25.5 Å².